The number of aliphatic hydroxyl groups excluding tert-OH is 1. The number of alkyl halides is 2. The maximum atomic E-state index is 13.1. The molecule has 1 amide bonds. The molecule has 2 heterocycles. The van der Waals surface area contributed by atoms with Crippen LogP contribution in [0.15, 0.2) is 12.1 Å². The monoisotopic (exact) mass is 301 g/mol. The number of likely N-dealkylation sites (N-methyl/N-ethyl adjacent to an activating group) is 1. The molecule has 0 aliphatic carbocycles. The van der Waals surface area contributed by atoms with Crippen molar-refractivity contribution in [3.8, 4) is 0 Å². The summed E-state index contributed by atoms with van der Waals surface area (Å²) in [6, 6.07) is 3.04. The smallest absolute Gasteiger partial charge is 0.319 e. The van der Waals surface area contributed by atoms with Crippen LogP contribution in [0.3, 0.4) is 0 Å². The van der Waals surface area contributed by atoms with Crippen molar-refractivity contribution >= 4 is 5.91 Å². The maximum absolute atomic E-state index is 13.1. The van der Waals surface area contributed by atoms with Crippen LogP contribution in [-0.2, 0) is 0 Å². The highest BCUT2D eigenvalue weighted by Crippen LogP contribution is 2.21. The Morgan fingerprint density at radius 1 is 1.43 bits per heavy atom. The van der Waals surface area contributed by atoms with Crippen molar-refractivity contribution in [2.24, 2.45) is 0 Å². The summed E-state index contributed by atoms with van der Waals surface area (Å²) in [5.74, 6) is -0.376. The number of carbonyl (C=O) groups excluding carboxylic acids is 1. The summed E-state index contributed by atoms with van der Waals surface area (Å²) in [4.78, 5) is 16.2. The standard InChI is InChI=1S/C14H21F2N3O2/c1-10-3-4-12(19(10)14(15)16)13(21)18-7-6-17(2)11(9-18)5-8-20/h3-4,11,14,20H,5-9H2,1-2H3. The highest BCUT2D eigenvalue weighted by molar-refractivity contribution is 5.93. The van der Waals surface area contributed by atoms with E-state index in [2.05, 4.69) is 4.90 Å². The quantitative estimate of drug-likeness (QED) is 0.913. The second-order valence-electron chi connectivity index (χ2n) is 5.41. The molecule has 1 fully saturated rings. The van der Waals surface area contributed by atoms with Gasteiger partial charge in [-0.3, -0.25) is 14.3 Å². The number of halogens is 2. The minimum atomic E-state index is -2.72. The van der Waals surface area contributed by atoms with Gasteiger partial charge in [0, 0.05) is 38.0 Å². The minimum Gasteiger partial charge on any atom is -0.396 e. The van der Waals surface area contributed by atoms with Crippen LogP contribution in [0.4, 0.5) is 8.78 Å². The maximum Gasteiger partial charge on any atom is 0.319 e. The van der Waals surface area contributed by atoms with Gasteiger partial charge in [0.25, 0.3) is 5.91 Å². The number of hydrogen-bond donors (Lipinski definition) is 1. The van der Waals surface area contributed by atoms with Crippen molar-refractivity contribution in [2.45, 2.75) is 25.9 Å². The van der Waals surface area contributed by atoms with E-state index in [1.54, 1.807) is 11.8 Å². The van der Waals surface area contributed by atoms with Gasteiger partial charge in [0.2, 0.25) is 0 Å². The van der Waals surface area contributed by atoms with Crippen LogP contribution in [0.5, 0.6) is 0 Å². The fourth-order valence-electron chi connectivity index (χ4n) is 2.74. The van der Waals surface area contributed by atoms with E-state index >= 15 is 0 Å². The first kappa shape index (κ1) is 15.9. The summed E-state index contributed by atoms with van der Waals surface area (Å²) >= 11 is 0. The normalized spacial score (nSPS) is 20.3. The van der Waals surface area contributed by atoms with E-state index in [0.29, 0.717) is 31.7 Å². The molecule has 0 radical (unpaired) electrons. The molecule has 1 unspecified atom stereocenters. The van der Waals surface area contributed by atoms with Gasteiger partial charge in [-0.05, 0) is 32.5 Å². The second-order valence-corrected chi connectivity index (χ2v) is 5.41. The van der Waals surface area contributed by atoms with Gasteiger partial charge in [-0.25, -0.2) is 0 Å². The Morgan fingerprint density at radius 2 is 2.14 bits per heavy atom. The molecule has 1 aromatic rings. The Balaban J connectivity index is 2.17. The van der Waals surface area contributed by atoms with Crippen LogP contribution in [0.25, 0.3) is 0 Å². The van der Waals surface area contributed by atoms with Gasteiger partial charge in [-0.1, -0.05) is 0 Å². The molecule has 1 atom stereocenters. The van der Waals surface area contributed by atoms with Crippen LogP contribution in [0.1, 0.15) is 29.2 Å². The molecule has 2 rings (SSSR count). The number of hydrogen-bond acceptors (Lipinski definition) is 3. The van der Waals surface area contributed by atoms with E-state index in [1.807, 2.05) is 7.05 Å². The summed E-state index contributed by atoms with van der Waals surface area (Å²) in [6.45, 7) is 0.504. The summed E-state index contributed by atoms with van der Waals surface area (Å²) in [5, 5.41) is 9.07. The Bertz CT molecular complexity index is 504. The predicted molar refractivity (Wildman–Crippen MR) is 74.4 cm³/mol. The van der Waals surface area contributed by atoms with Gasteiger partial charge in [-0.2, -0.15) is 8.78 Å². The Morgan fingerprint density at radius 3 is 2.76 bits per heavy atom. The minimum absolute atomic E-state index is 0.0230. The molecule has 1 aromatic heterocycles. The summed E-state index contributed by atoms with van der Waals surface area (Å²) in [5.41, 5.74) is 0.393. The molecule has 0 bridgehead atoms. The molecule has 7 heteroatoms. The summed E-state index contributed by atoms with van der Waals surface area (Å²) in [7, 11) is 1.94. The fraction of sp³-hybridized carbons (Fsp3) is 0.643. The molecule has 1 N–H and O–H groups in total. The largest absolute Gasteiger partial charge is 0.396 e. The van der Waals surface area contributed by atoms with Crippen LogP contribution in [0, 0.1) is 6.92 Å². The lowest BCUT2D eigenvalue weighted by atomic mass is 10.1. The zero-order valence-corrected chi connectivity index (χ0v) is 12.3. The van der Waals surface area contributed by atoms with Gasteiger partial charge in [-0.15, -0.1) is 0 Å². The Labute approximate surface area is 122 Å². The molecular weight excluding hydrogens is 280 g/mol. The van der Waals surface area contributed by atoms with Crippen molar-refractivity contribution in [1.29, 1.82) is 0 Å². The number of carbonyl (C=O) groups is 1. The van der Waals surface area contributed by atoms with Crippen molar-refractivity contribution in [2.75, 3.05) is 33.3 Å². The van der Waals surface area contributed by atoms with Crippen LogP contribution < -0.4 is 0 Å². The molecule has 118 valence electrons. The van der Waals surface area contributed by atoms with Crippen molar-refractivity contribution < 1.29 is 18.7 Å². The van der Waals surface area contributed by atoms with Crippen LogP contribution in [0.2, 0.25) is 0 Å². The number of aliphatic hydroxyl groups is 1. The van der Waals surface area contributed by atoms with Crippen molar-refractivity contribution in [3.63, 3.8) is 0 Å². The molecule has 1 saturated heterocycles. The third-order valence-corrected chi connectivity index (χ3v) is 4.06. The molecule has 0 spiro atoms. The fourth-order valence-corrected chi connectivity index (χ4v) is 2.74. The van der Waals surface area contributed by atoms with Gasteiger partial charge in [0.05, 0.1) is 0 Å². The van der Waals surface area contributed by atoms with Crippen LogP contribution in [-0.4, -0.2) is 64.7 Å². The molecule has 1 aliphatic rings. The van der Waals surface area contributed by atoms with Gasteiger partial charge in [0.15, 0.2) is 0 Å². The average Bonchev–Trinajstić information content (AvgIpc) is 2.82. The molecule has 0 saturated carbocycles. The number of aryl methyl sites for hydroxylation is 1. The lowest BCUT2D eigenvalue weighted by Gasteiger charge is -2.39. The number of amides is 1. The molecule has 1 aliphatic heterocycles. The number of rotatable bonds is 4. The van der Waals surface area contributed by atoms with Crippen molar-refractivity contribution in [1.82, 2.24) is 14.4 Å². The van der Waals surface area contributed by atoms with Crippen molar-refractivity contribution in [3.05, 3.63) is 23.5 Å². The third-order valence-electron chi connectivity index (χ3n) is 4.06. The average molecular weight is 301 g/mol. The van der Waals surface area contributed by atoms with E-state index in [1.165, 1.54) is 12.1 Å². The van der Waals surface area contributed by atoms with Gasteiger partial charge >= 0.3 is 6.55 Å². The first-order valence-electron chi connectivity index (χ1n) is 7.02. The predicted octanol–water partition coefficient (Wildman–Crippen LogP) is 1.33. The van der Waals surface area contributed by atoms with Gasteiger partial charge < -0.3 is 10.0 Å². The zero-order valence-electron chi connectivity index (χ0n) is 12.3. The molecule has 5 nitrogen and oxygen atoms in total. The first-order valence-corrected chi connectivity index (χ1v) is 7.02. The molecule has 0 aromatic carbocycles. The number of aromatic nitrogens is 1. The SMILES string of the molecule is Cc1ccc(C(=O)N2CCN(C)C(CCO)C2)n1C(F)F. The number of nitrogens with zero attached hydrogens (tertiary/aromatic N) is 3. The van der Waals surface area contributed by atoms with E-state index in [4.69, 9.17) is 5.11 Å². The highest BCUT2D eigenvalue weighted by atomic mass is 19.3. The lowest BCUT2D eigenvalue weighted by molar-refractivity contribution is 0.0411. The van der Waals surface area contributed by atoms with E-state index in [0.717, 1.165) is 4.57 Å². The van der Waals surface area contributed by atoms with Crippen LogP contribution >= 0.6 is 0 Å². The summed E-state index contributed by atoms with van der Waals surface area (Å²) < 4.78 is 26.9. The second kappa shape index (κ2) is 6.53. The summed E-state index contributed by atoms with van der Waals surface area (Å²) in [6.07, 6.45) is 0.565. The number of piperazine rings is 1. The zero-order chi connectivity index (χ0) is 15.6. The molecular formula is C14H21F2N3O2. The topological polar surface area (TPSA) is 48.7 Å². The lowest BCUT2D eigenvalue weighted by Crippen LogP contribution is -2.53. The highest BCUT2D eigenvalue weighted by Gasteiger charge is 2.30. The third kappa shape index (κ3) is 3.24. The molecule has 21 heavy (non-hydrogen) atoms. The Kier molecular flexibility index (Phi) is 4.95. The van der Waals surface area contributed by atoms with Gasteiger partial charge in [0.1, 0.15) is 5.69 Å². The van der Waals surface area contributed by atoms with E-state index in [9.17, 15) is 13.6 Å². The Hall–Kier alpha value is -1.47. The van der Waals surface area contributed by atoms with E-state index < -0.39 is 6.55 Å². The first-order chi connectivity index (χ1) is 9.95. The van der Waals surface area contributed by atoms with E-state index in [-0.39, 0.29) is 24.2 Å².